The summed E-state index contributed by atoms with van der Waals surface area (Å²) in [5.41, 5.74) is 0. The molecule has 5 nitrogen and oxygen atoms in total. The van der Waals surface area contributed by atoms with Gasteiger partial charge in [-0.3, -0.25) is 4.79 Å². The van der Waals surface area contributed by atoms with Gasteiger partial charge >= 0.3 is 0 Å². The first-order valence-corrected chi connectivity index (χ1v) is 30.8. The Balaban J connectivity index is 3.54. The molecule has 0 aliphatic rings. The van der Waals surface area contributed by atoms with Crippen molar-refractivity contribution < 1.29 is 20.1 Å². The lowest BCUT2D eigenvalue weighted by molar-refractivity contribution is -0.124. The second-order valence-electron chi connectivity index (χ2n) is 21.3. The second kappa shape index (κ2) is 58.1. The van der Waals surface area contributed by atoms with Crippen molar-refractivity contribution in [2.45, 2.75) is 353 Å². The smallest absolute Gasteiger partial charge is 0.222 e. The first kappa shape index (κ1) is 66.6. The number of hydrogen-bond acceptors (Lipinski definition) is 4. The fraction of sp³-hybridized carbons (Fsp3) is 0.889. The van der Waals surface area contributed by atoms with Gasteiger partial charge in [-0.2, -0.15) is 0 Å². The Morgan fingerprint density at radius 3 is 0.941 bits per heavy atom. The Kier molecular flexibility index (Phi) is 56.9. The predicted molar refractivity (Wildman–Crippen MR) is 301 cm³/mol. The van der Waals surface area contributed by atoms with Gasteiger partial charge < -0.3 is 20.6 Å². The van der Waals surface area contributed by atoms with Gasteiger partial charge in [-0.1, -0.05) is 307 Å². The molecule has 3 unspecified atom stereocenters. The third-order valence-electron chi connectivity index (χ3n) is 14.4. The molecular formula is C63H121NO4. The summed E-state index contributed by atoms with van der Waals surface area (Å²) in [6.45, 7) is 4.24. The molecule has 0 aromatic carbocycles. The van der Waals surface area contributed by atoms with E-state index in [2.05, 4.69) is 43.5 Å². The van der Waals surface area contributed by atoms with Crippen LogP contribution in [0, 0.1) is 0 Å². The van der Waals surface area contributed by atoms with Gasteiger partial charge in [0.05, 0.1) is 31.3 Å². The summed E-state index contributed by atoms with van der Waals surface area (Å²) in [4.78, 5) is 12.5. The molecule has 1 amide bonds. The van der Waals surface area contributed by atoms with Gasteiger partial charge in [0.1, 0.15) is 0 Å². The van der Waals surface area contributed by atoms with E-state index in [9.17, 15) is 20.1 Å². The fourth-order valence-electron chi connectivity index (χ4n) is 9.71. The Bertz CT molecular complexity index is 1060. The summed E-state index contributed by atoms with van der Waals surface area (Å²) in [5.74, 6) is -0.320. The number of nitrogens with one attached hydrogen (secondary N) is 1. The lowest BCUT2D eigenvalue weighted by Crippen LogP contribution is -2.45. The van der Waals surface area contributed by atoms with Crippen molar-refractivity contribution in [3.63, 3.8) is 0 Å². The number of hydrogen-bond donors (Lipinski definition) is 4. The number of carbonyl (C=O) groups excluding carboxylic acids is 1. The van der Waals surface area contributed by atoms with Gasteiger partial charge in [0.15, 0.2) is 0 Å². The van der Waals surface area contributed by atoms with Gasteiger partial charge in [-0.05, 0) is 57.8 Å². The van der Waals surface area contributed by atoms with Crippen LogP contribution in [0.15, 0.2) is 36.5 Å². The van der Waals surface area contributed by atoms with Crippen LogP contribution in [-0.2, 0) is 4.79 Å². The van der Waals surface area contributed by atoms with E-state index in [4.69, 9.17) is 0 Å². The van der Waals surface area contributed by atoms with E-state index in [0.29, 0.717) is 6.42 Å². The number of rotatable bonds is 57. The molecular weight excluding hydrogens is 835 g/mol. The Labute approximate surface area is 425 Å². The van der Waals surface area contributed by atoms with Gasteiger partial charge in [0, 0.05) is 0 Å². The maximum atomic E-state index is 12.5. The van der Waals surface area contributed by atoms with Gasteiger partial charge in [0.25, 0.3) is 0 Å². The predicted octanol–water partition coefficient (Wildman–Crippen LogP) is 19.4. The van der Waals surface area contributed by atoms with Crippen LogP contribution in [0.3, 0.4) is 0 Å². The van der Waals surface area contributed by atoms with Crippen LogP contribution < -0.4 is 5.32 Å². The summed E-state index contributed by atoms with van der Waals surface area (Å²) in [7, 11) is 0. The highest BCUT2D eigenvalue weighted by Crippen LogP contribution is 2.18. The zero-order chi connectivity index (χ0) is 49.3. The molecule has 402 valence electrons. The van der Waals surface area contributed by atoms with E-state index in [1.807, 2.05) is 6.08 Å². The molecule has 68 heavy (non-hydrogen) atoms. The maximum Gasteiger partial charge on any atom is 0.222 e. The first-order chi connectivity index (χ1) is 33.5. The zero-order valence-electron chi connectivity index (χ0n) is 46.0. The number of unbranched alkanes of at least 4 members (excludes halogenated alkanes) is 44. The van der Waals surface area contributed by atoms with Crippen molar-refractivity contribution in [3.05, 3.63) is 36.5 Å². The number of aliphatic hydroxyl groups excluding tert-OH is 3. The molecule has 0 aromatic rings. The average Bonchev–Trinajstić information content (AvgIpc) is 3.33. The van der Waals surface area contributed by atoms with E-state index < -0.39 is 18.2 Å². The van der Waals surface area contributed by atoms with Crippen LogP contribution in [0.25, 0.3) is 0 Å². The molecule has 0 saturated heterocycles. The van der Waals surface area contributed by atoms with Crippen LogP contribution in [0.1, 0.15) is 335 Å². The lowest BCUT2D eigenvalue weighted by Gasteiger charge is -2.21. The summed E-state index contributed by atoms with van der Waals surface area (Å²) in [6.07, 6.45) is 76.5. The van der Waals surface area contributed by atoms with Crippen molar-refractivity contribution in [1.29, 1.82) is 0 Å². The summed E-state index contributed by atoms with van der Waals surface area (Å²) >= 11 is 0. The minimum Gasteiger partial charge on any atom is -0.394 e. The van der Waals surface area contributed by atoms with Crippen LogP contribution in [-0.4, -0.2) is 46.1 Å². The number of carbonyl (C=O) groups is 1. The monoisotopic (exact) mass is 956 g/mol. The molecule has 0 spiro atoms. The molecule has 5 heteroatoms. The van der Waals surface area contributed by atoms with Gasteiger partial charge in [-0.25, -0.2) is 0 Å². The Morgan fingerprint density at radius 1 is 0.368 bits per heavy atom. The Morgan fingerprint density at radius 2 is 0.632 bits per heavy atom. The first-order valence-electron chi connectivity index (χ1n) is 30.8. The molecule has 3 atom stereocenters. The van der Waals surface area contributed by atoms with E-state index in [-0.39, 0.29) is 18.9 Å². The molecule has 0 heterocycles. The molecule has 0 aliphatic carbocycles. The third-order valence-corrected chi connectivity index (χ3v) is 14.4. The normalized spacial score (nSPS) is 13.4. The number of amides is 1. The van der Waals surface area contributed by atoms with E-state index in [1.165, 1.54) is 276 Å². The Hall–Kier alpha value is -1.43. The summed E-state index contributed by atoms with van der Waals surface area (Å²) in [6, 6.07) is -0.761. The van der Waals surface area contributed by atoms with Crippen molar-refractivity contribution in [2.75, 3.05) is 6.61 Å². The molecule has 0 rings (SSSR count). The molecule has 0 radical (unpaired) electrons. The maximum absolute atomic E-state index is 12.5. The summed E-state index contributed by atoms with van der Waals surface area (Å²) < 4.78 is 0. The number of allylic oxidation sites excluding steroid dienone is 5. The summed E-state index contributed by atoms with van der Waals surface area (Å²) in [5, 5.41) is 33.5. The SMILES string of the molecule is CCCCCCCCCCCCCC/C=C\CCCCCCCCCCCCCCCCCC(O)CC(=O)NC(CO)C(O)/C=C/CC/C=C/CCCCCCCCCCCCCCCCCC. The van der Waals surface area contributed by atoms with Crippen molar-refractivity contribution >= 4 is 5.91 Å². The van der Waals surface area contributed by atoms with Crippen LogP contribution in [0.5, 0.6) is 0 Å². The van der Waals surface area contributed by atoms with Crippen molar-refractivity contribution in [1.82, 2.24) is 5.32 Å². The van der Waals surface area contributed by atoms with Gasteiger partial charge in [0.2, 0.25) is 5.91 Å². The van der Waals surface area contributed by atoms with E-state index in [0.717, 1.165) is 32.1 Å². The van der Waals surface area contributed by atoms with Crippen molar-refractivity contribution in [3.8, 4) is 0 Å². The van der Waals surface area contributed by atoms with Crippen molar-refractivity contribution in [2.24, 2.45) is 0 Å². The minimum atomic E-state index is -0.952. The van der Waals surface area contributed by atoms with E-state index >= 15 is 0 Å². The average molecular weight is 957 g/mol. The van der Waals surface area contributed by atoms with E-state index in [1.54, 1.807) is 6.08 Å². The van der Waals surface area contributed by atoms with Gasteiger partial charge in [-0.15, -0.1) is 0 Å². The van der Waals surface area contributed by atoms with Crippen LogP contribution in [0.2, 0.25) is 0 Å². The standard InChI is InChI=1S/C63H121NO4/c1-3-5-7-9-11-13-15-17-19-21-23-25-27-28-29-30-31-32-33-34-35-36-38-40-42-44-46-48-50-52-54-56-60(66)58-63(68)64-61(59-65)62(67)57-55-53-51-49-47-45-43-41-39-37-26-24-22-20-18-16-14-12-10-8-6-4-2/h28-29,47,49,55,57,60-62,65-67H,3-27,30-46,48,50-54,56,58-59H2,1-2H3,(H,64,68)/b29-28-,49-47+,57-55+. The minimum absolute atomic E-state index is 0.00825. The quantitative estimate of drug-likeness (QED) is 0.0361. The largest absolute Gasteiger partial charge is 0.394 e. The van der Waals surface area contributed by atoms with Crippen LogP contribution >= 0.6 is 0 Å². The molecule has 0 aliphatic heterocycles. The second-order valence-corrected chi connectivity index (χ2v) is 21.3. The molecule has 0 fully saturated rings. The fourth-order valence-corrected chi connectivity index (χ4v) is 9.71. The molecule has 0 saturated carbocycles. The highest BCUT2D eigenvalue weighted by atomic mass is 16.3. The molecule has 4 N–H and O–H groups in total. The van der Waals surface area contributed by atoms with Crippen LogP contribution in [0.4, 0.5) is 0 Å². The highest BCUT2D eigenvalue weighted by Gasteiger charge is 2.20. The number of aliphatic hydroxyl groups is 3. The molecule has 0 bridgehead atoms. The zero-order valence-corrected chi connectivity index (χ0v) is 46.0. The third kappa shape index (κ3) is 53.9. The topological polar surface area (TPSA) is 89.8 Å². The highest BCUT2D eigenvalue weighted by molar-refractivity contribution is 5.76. The molecule has 0 aromatic heterocycles. The lowest BCUT2D eigenvalue weighted by atomic mass is 10.0.